The van der Waals surface area contributed by atoms with E-state index in [0.29, 0.717) is 12.5 Å². The highest BCUT2D eigenvalue weighted by atomic mass is 16.3. The Morgan fingerprint density at radius 1 is 1.09 bits per heavy atom. The summed E-state index contributed by atoms with van der Waals surface area (Å²) < 4.78 is 1.95. The first-order valence-corrected chi connectivity index (χ1v) is 13.3. The summed E-state index contributed by atoms with van der Waals surface area (Å²) in [5.74, 6) is 0.337. The molecule has 3 heterocycles. The third-order valence-electron chi connectivity index (χ3n) is 8.98. The van der Waals surface area contributed by atoms with Crippen molar-refractivity contribution in [3.05, 3.63) is 39.8 Å². The third kappa shape index (κ3) is 3.79. The van der Waals surface area contributed by atoms with Gasteiger partial charge in [-0.15, -0.1) is 0 Å². The van der Waals surface area contributed by atoms with Crippen LogP contribution < -0.4 is 10.9 Å². The molecule has 2 N–H and O–H groups in total. The number of carbonyl (C=O) groups excluding carboxylic acids is 1. The molecule has 33 heavy (non-hydrogen) atoms. The van der Waals surface area contributed by atoms with Crippen LogP contribution in [0.2, 0.25) is 0 Å². The molecular weight excluding hydrogens is 414 g/mol. The maximum Gasteiger partial charge on any atom is 0.258 e. The number of aliphatic hydroxyl groups is 1. The predicted octanol–water partition coefficient (Wildman–Crippen LogP) is 3.24. The van der Waals surface area contributed by atoms with Crippen molar-refractivity contribution in [2.45, 2.75) is 88.9 Å². The average Bonchev–Trinajstić information content (AvgIpc) is 3.45. The number of rotatable bonds is 6. The highest BCUT2D eigenvalue weighted by molar-refractivity contribution is 5.81. The van der Waals surface area contributed by atoms with Crippen LogP contribution in [-0.4, -0.2) is 45.7 Å². The van der Waals surface area contributed by atoms with E-state index in [2.05, 4.69) is 22.4 Å². The SMILES string of the molecule is O=C(NC1CCCC1)[C@@H]1[C@@H](CO)[C@@H]2Cn3c(ccc(C4=CCCCC4)c3=O)[C@H]1N2CC1CC1. The van der Waals surface area contributed by atoms with Crippen LogP contribution in [0, 0.1) is 17.8 Å². The van der Waals surface area contributed by atoms with Crippen molar-refractivity contribution in [2.75, 3.05) is 13.2 Å². The molecule has 3 aliphatic carbocycles. The monoisotopic (exact) mass is 451 g/mol. The first-order chi connectivity index (χ1) is 16.2. The van der Waals surface area contributed by atoms with Crippen LogP contribution in [-0.2, 0) is 11.3 Å². The number of fused-ring (bicyclic) bond motifs is 4. The molecule has 0 unspecified atom stereocenters. The summed E-state index contributed by atoms with van der Waals surface area (Å²) in [6.45, 7) is 1.54. The Bertz CT molecular complexity index is 1000. The fourth-order valence-corrected chi connectivity index (χ4v) is 7.07. The van der Waals surface area contributed by atoms with Gasteiger partial charge in [-0.05, 0) is 75.0 Å². The summed E-state index contributed by atoms with van der Waals surface area (Å²) in [6, 6.07) is 4.31. The molecule has 0 aromatic carbocycles. The van der Waals surface area contributed by atoms with Crippen LogP contribution in [0.5, 0.6) is 0 Å². The van der Waals surface area contributed by atoms with Crippen molar-refractivity contribution in [3.8, 4) is 0 Å². The highest BCUT2D eigenvalue weighted by Crippen LogP contribution is 2.50. The van der Waals surface area contributed by atoms with Gasteiger partial charge in [0.05, 0.1) is 12.0 Å². The number of hydrogen-bond donors (Lipinski definition) is 2. The number of aliphatic hydroxyl groups excluding tert-OH is 1. The number of pyridine rings is 1. The summed E-state index contributed by atoms with van der Waals surface area (Å²) in [7, 11) is 0. The zero-order valence-corrected chi connectivity index (χ0v) is 19.5. The van der Waals surface area contributed by atoms with E-state index in [1.165, 1.54) is 37.7 Å². The first kappa shape index (κ1) is 21.6. The molecule has 5 aliphatic rings. The van der Waals surface area contributed by atoms with Gasteiger partial charge in [0.25, 0.3) is 5.56 Å². The lowest BCUT2D eigenvalue weighted by Gasteiger charge is -2.38. The molecule has 6 nitrogen and oxygen atoms in total. The number of allylic oxidation sites excluding steroid dienone is 2. The van der Waals surface area contributed by atoms with Crippen molar-refractivity contribution < 1.29 is 9.90 Å². The largest absolute Gasteiger partial charge is 0.396 e. The van der Waals surface area contributed by atoms with Crippen LogP contribution in [0.1, 0.15) is 81.5 Å². The van der Waals surface area contributed by atoms with Gasteiger partial charge < -0.3 is 15.0 Å². The third-order valence-corrected chi connectivity index (χ3v) is 8.98. The second kappa shape index (κ2) is 8.70. The zero-order chi connectivity index (χ0) is 22.5. The number of nitrogens with one attached hydrogen (secondary N) is 1. The Morgan fingerprint density at radius 3 is 2.61 bits per heavy atom. The minimum absolute atomic E-state index is 0.00810. The van der Waals surface area contributed by atoms with E-state index in [4.69, 9.17) is 0 Å². The lowest BCUT2D eigenvalue weighted by molar-refractivity contribution is -0.128. The van der Waals surface area contributed by atoms with Gasteiger partial charge in [-0.25, -0.2) is 0 Å². The number of hydrogen-bond acceptors (Lipinski definition) is 4. The summed E-state index contributed by atoms with van der Waals surface area (Å²) >= 11 is 0. The molecule has 6 rings (SSSR count). The molecule has 4 atom stereocenters. The van der Waals surface area contributed by atoms with Crippen LogP contribution in [0.4, 0.5) is 0 Å². The lowest BCUT2D eigenvalue weighted by atomic mass is 9.86. The van der Waals surface area contributed by atoms with Gasteiger partial charge in [-0.2, -0.15) is 0 Å². The van der Waals surface area contributed by atoms with Gasteiger partial charge in [-0.1, -0.05) is 18.9 Å². The molecule has 1 saturated heterocycles. The molecule has 0 radical (unpaired) electrons. The number of amides is 1. The van der Waals surface area contributed by atoms with E-state index in [1.807, 2.05) is 10.6 Å². The maximum absolute atomic E-state index is 13.7. The van der Waals surface area contributed by atoms with Gasteiger partial charge in [0.15, 0.2) is 0 Å². The van der Waals surface area contributed by atoms with E-state index in [0.717, 1.165) is 49.9 Å². The van der Waals surface area contributed by atoms with Crippen molar-refractivity contribution >= 4 is 11.5 Å². The summed E-state index contributed by atoms with van der Waals surface area (Å²) in [5.41, 5.74) is 3.08. The predicted molar refractivity (Wildman–Crippen MR) is 128 cm³/mol. The Balaban J connectivity index is 1.39. The van der Waals surface area contributed by atoms with Gasteiger partial charge in [0.1, 0.15) is 0 Å². The minimum atomic E-state index is -0.299. The minimum Gasteiger partial charge on any atom is -0.396 e. The standard InChI is InChI=1S/C27H37N3O3/c31-16-21-23-15-30-22(13-12-20(27(30)33)18-6-2-1-3-7-18)25(29(23)14-17-10-11-17)24(21)26(32)28-19-8-4-5-9-19/h6,12-13,17,19,21,23-25,31H,1-5,7-11,14-16H2,(H,28,32)/t21-,23-,24+,25+/m0/s1. The average molecular weight is 452 g/mol. The van der Waals surface area contributed by atoms with Gasteiger partial charge in [-0.3, -0.25) is 14.5 Å². The molecule has 1 amide bonds. The fourth-order valence-electron chi connectivity index (χ4n) is 7.07. The smallest absolute Gasteiger partial charge is 0.258 e. The Hall–Kier alpha value is -1.92. The molecule has 1 aromatic rings. The van der Waals surface area contributed by atoms with E-state index in [9.17, 15) is 14.7 Å². The van der Waals surface area contributed by atoms with Crippen molar-refractivity contribution in [3.63, 3.8) is 0 Å². The molecule has 2 bridgehead atoms. The summed E-state index contributed by atoms with van der Waals surface area (Å²) in [4.78, 5) is 29.8. The summed E-state index contributed by atoms with van der Waals surface area (Å²) in [5, 5.41) is 13.8. The Labute approximate surface area is 196 Å². The van der Waals surface area contributed by atoms with Crippen molar-refractivity contribution in [2.24, 2.45) is 17.8 Å². The molecule has 2 aliphatic heterocycles. The van der Waals surface area contributed by atoms with Crippen LogP contribution in [0.25, 0.3) is 5.57 Å². The lowest BCUT2D eigenvalue weighted by Crippen LogP contribution is -2.47. The van der Waals surface area contributed by atoms with E-state index in [1.54, 1.807) is 0 Å². The molecule has 1 aromatic heterocycles. The van der Waals surface area contributed by atoms with Crippen LogP contribution >= 0.6 is 0 Å². The van der Waals surface area contributed by atoms with Gasteiger partial charge >= 0.3 is 0 Å². The Kier molecular flexibility index (Phi) is 5.69. The zero-order valence-electron chi connectivity index (χ0n) is 19.5. The van der Waals surface area contributed by atoms with Gasteiger partial charge in [0, 0.05) is 49.0 Å². The fraction of sp³-hybridized carbons (Fsp3) is 0.704. The normalized spacial score (nSPS) is 32.0. The van der Waals surface area contributed by atoms with Crippen molar-refractivity contribution in [1.82, 2.24) is 14.8 Å². The highest BCUT2D eigenvalue weighted by Gasteiger charge is 2.56. The number of nitrogens with zero attached hydrogens (tertiary/aromatic N) is 2. The summed E-state index contributed by atoms with van der Waals surface area (Å²) in [6.07, 6.45) is 13.6. The topological polar surface area (TPSA) is 74.6 Å². The maximum atomic E-state index is 13.7. The molecule has 178 valence electrons. The second-order valence-electron chi connectivity index (χ2n) is 11.1. The van der Waals surface area contributed by atoms with Crippen LogP contribution in [0.3, 0.4) is 0 Å². The van der Waals surface area contributed by atoms with Gasteiger partial charge in [0.2, 0.25) is 5.91 Å². The first-order valence-electron chi connectivity index (χ1n) is 13.3. The molecule has 2 saturated carbocycles. The molecule has 6 heteroatoms. The second-order valence-corrected chi connectivity index (χ2v) is 11.1. The van der Waals surface area contributed by atoms with Crippen molar-refractivity contribution in [1.29, 1.82) is 0 Å². The van der Waals surface area contributed by atoms with E-state index >= 15 is 0 Å². The molecule has 3 fully saturated rings. The number of aromatic nitrogens is 1. The molecular formula is C27H37N3O3. The molecule has 0 spiro atoms. The number of carbonyl (C=O) groups is 1. The van der Waals surface area contributed by atoms with E-state index < -0.39 is 0 Å². The Morgan fingerprint density at radius 2 is 1.91 bits per heavy atom. The van der Waals surface area contributed by atoms with E-state index in [-0.39, 0.29) is 48.0 Å². The quantitative estimate of drug-likeness (QED) is 0.696. The van der Waals surface area contributed by atoms with Crippen LogP contribution in [0.15, 0.2) is 23.0 Å².